The molecule has 0 spiro atoms. The summed E-state index contributed by atoms with van der Waals surface area (Å²) in [5.41, 5.74) is 2.07. The molecule has 7 nitrogen and oxygen atoms in total. The summed E-state index contributed by atoms with van der Waals surface area (Å²) >= 11 is 0. The number of rotatable bonds is 3. The molecule has 0 atom stereocenters. The van der Waals surface area contributed by atoms with E-state index in [1.807, 2.05) is 31.3 Å². The van der Waals surface area contributed by atoms with Gasteiger partial charge in [0.05, 0.1) is 17.4 Å². The Labute approximate surface area is 151 Å². The summed E-state index contributed by atoms with van der Waals surface area (Å²) < 4.78 is 1.79. The van der Waals surface area contributed by atoms with Gasteiger partial charge >= 0.3 is 0 Å². The highest BCUT2D eigenvalue weighted by Crippen LogP contribution is 2.30. The highest BCUT2D eigenvalue weighted by Gasteiger charge is 2.42. The van der Waals surface area contributed by atoms with Crippen LogP contribution in [0.2, 0.25) is 0 Å². The number of aromatic amines is 1. The predicted octanol–water partition coefficient (Wildman–Crippen LogP) is 2.21. The lowest BCUT2D eigenvalue weighted by Crippen LogP contribution is -2.52. The number of benzene rings is 1. The average molecular weight is 361 g/mol. The molecule has 132 valence electrons. The Bertz CT molecular complexity index is 867. The van der Waals surface area contributed by atoms with E-state index in [4.69, 9.17) is 0 Å². The van der Waals surface area contributed by atoms with E-state index in [0.29, 0.717) is 12.8 Å². The Kier molecular flexibility index (Phi) is 4.78. The van der Waals surface area contributed by atoms with Crippen LogP contribution in [0.5, 0.6) is 0 Å². The second-order valence-corrected chi connectivity index (χ2v) is 6.28. The topological polar surface area (TPSA) is 87.6 Å². The van der Waals surface area contributed by atoms with Crippen LogP contribution in [0, 0.1) is 6.92 Å². The highest BCUT2D eigenvalue weighted by molar-refractivity contribution is 6.03. The molecule has 3 N–H and O–H groups in total. The first-order valence-corrected chi connectivity index (χ1v) is 8.16. The van der Waals surface area contributed by atoms with Gasteiger partial charge in [-0.1, -0.05) is 6.07 Å². The van der Waals surface area contributed by atoms with Crippen molar-refractivity contribution in [1.82, 2.24) is 25.3 Å². The minimum atomic E-state index is -0.661. The average Bonchev–Trinajstić information content (AvgIpc) is 3.30. The first kappa shape index (κ1) is 17.4. The molecule has 25 heavy (non-hydrogen) atoms. The van der Waals surface area contributed by atoms with E-state index in [9.17, 15) is 4.79 Å². The van der Waals surface area contributed by atoms with E-state index in [2.05, 4.69) is 25.9 Å². The van der Waals surface area contributed by atoms with Gasteiger partial charge in [0.1, 0.15) is 5.54 Å². The number of amides is 1. The van der Waals surface area contributed by atoms with Gasteiger partial charge in [-0.05, 0) is 50.6 Å². The zero-order valence-electron chi connectivity index (χ0n) is 14.0. The first-order chi connectivity index (χ1) is 11.7. The highest BCUT2D eigenvalue weighted by atomic mass is 35.5. The van der Waals surface area contributed by atoms with Gasteiger partial charge in [-0.25, -0.2) is 0 Å². The van der Waals surface area contributed by atoms with Gasteiger partial charge in [0.25, 0.3) is 5.91 Å². The van der Waals surface area contributed by atoms with Crippen molar-refractivity contribution in [1.29, 1.82) is 0 Å². The second-order valence-electron chi connectivity index (χ2n) is 6.28. The molecule has 0 saturated carbocycles. The summed E-state index contributed by atoms with van der Waals surface area (Å²) in [5.74, 6) is -0.0348. The Morgan fingerprint density at radius 1 is 1.32 bits per heavy atom. The molecule has 1 saturated heterocycles. The molecule has 3 aromatic rings. The number of piperidine rings is 1. The molecule has 1 aromatic carbocycles. The van der Waals surface area contributed by atoms with Crippen LogP contribution in [0.25, 0.3) is 10.9 Å². The molecule has 2 aromatic heterocycles. The smallest absolute Gasteiger partial charge is 0.252 e. The van der Waals surface area contributed by atoms with Crippen LogP contribution in [0.4, 0.5) is 5.69 Å². The van der Waals surface area contributed by atoms with E-state index in [1.54, 1.807) is 17.1 Å². The van der Waals surface area contributed by atoms with E-state index in [0.717, 1.165) is 35.2 Å². The number of fused-ring (bicyclic) bond motifs is 1. The second kappa shape index (κ2) is 6.85. The van der Waals surface area contributed by atoms with Crippen molar-refractivity contribution in [3.05, 3.63) is 42.4 Å². The minimum Gasteiger partial charge on any atom is -0.322 e. The molecule has 4 rings (SSSR count). The number of nitrogens with zero attached hydrogens (tertiary/aromatic N) is 3. The third-order valence-electron chi connectivity index (χ3n) is 4.88. The van der Waals surface area contributed by atoms with Gasteiger partial charge in [0, 0.05) is 17.8 Å². The normalized spacial score (nSPS) is 16.4. The van der Waals surface area contributed by atoms with Gasteiger partial charge in [-0.3, -0.25) is 14.6 Å². The molecule has 3 heterocycles. The maximum absolute atomic E-state index is 13.2. The van der Waals surface area contributed by atoms with Crippen LogP contribution in [0.15, 0.2) is 36.8 Å². The Morgan fingerprint density at radius 2 is 2.12 bits per heavy atom. The summed E-state index contributed by atoms with van der Waals surface area (Å²) in [5, 5.41) is 18.9. The lowest BCUT2D eigenvalue weighted by Gasteiger charge is -2.36. The number of anilines is 1. The minimum absolute atomic E-state index is 0. The van der Waals surface area contributed by atoms with Gasteiger partial charge in [-0.15, -0.1) is 12.4 Å². The zero-order chi connectivity index (χ0) is 16.6. The van der Waals surface area contributed by atoms with Crippen LogP contribution in [-0.2, 0) is 10.3 Å². The van der Waals surface area contributed by atoms with Gasteiger partial charge < -0.3 is 10.6 Å². The third kappa shape index (κ3) is 2.89. The Balaban J connectivity index is 0.00000182. The van der Waals surface area contributed by atoms with E-state index >= 15 is 0 Å². The molecule has 0 bridgehead atoms. The number of aryl methyl sites for hydroxylation is 1. The Hall–Kier alpha value is -2.38. The Morgan fingerprint density at radius 3 is 2.84 bits per heavy atom. The van der Waals surface area contributed by atoms with E-state index in [-0.39, 0.29) is 18.3 Å². The van der Waals surface area contributed by atoms with Gasteiger partial charge in [0.2, 0.25) is 0 Å². The van der Waals surface area contributed by atoms with Crippen molar-refractivity contribution < 1.29 is 4.79 Å². The number of hydrogen-bond donors (Lipinski definition) is 3. The van der Waals surface area contributed by atoms with E-state index in [1.165, 1.54) is 0 Å². The van der Waals surface area contributed by atoms with Crippen LogP contribution < -0.4 is 10.6 Å². The molecule has 1 aliphatic rings. The molecule has 1 aliphatic heterocycles. The van der Waals surface area contributed by atoms with Gasteiger partial charge in [-0.2, -0.15) is 10.2 Å². The van der Waals surface area contributed by atoms with Crippen molar-refractivity contribution in [2.24, 2.45) is 0 Å². The van der Waals surface area contributed by atoms with E-state index < -0.39 is 5.54 Å². The molecular formula is C17H21ClN6O. The van der Waals surface area contributed by atoms with Crippen molar-refractivity contribution in [3.8, 4) is 0 Å². The standard InChI is InChI=1S/C17H20N6O.ClH/c1-12-3-4-14(15-13(12)11-19-22-15)21-16(24)17(5-8-18-9-6-17)23-10-2-7-20-23;/h2-4,7,10-11,18H,5-6,8-9H2,1H3,(H,19,22)(H,21,24);1H. The molecular weight excluding hydrogens is 340 g/mol. The third-order valence-corrected chi connectivity index (χ3v) is 4.88. The number of halogens is 1. The molecule has 0 radical (unpaired) electrons. The summed E-state index contributed by atoms with van der Waals surface area (Å²) in [7, 11) is 0. The predicted molar refractivity (Wildman–Crippen MR) is 99.0 cm³/mol. The summed E-state index contributed by atoms with van der Waals surface area (Å²) in [4.78, 5) is 13.2. The molecule has 1 fully saturated rings. The number of carbonyl (C=O) groups is 1. The van der Waals surface area contributed by atoms with Crippen molar-refractivity contribution in [3.63, 3.8) is 0 Å². The fourth-order valence-electron chi connectivity index (χ4n) is 3.44. The number of nitrogens with one attached hydrogen (secondary N) is 3. The van der Waals surface area contributed by atoms with Crippen molar-refractivity contribution in [2.45, 2.75) is 25.3 Å². The lowest BCUT2D eigenvalue weighted by atomic mass is 9.87. The molecule has 0 unspecified atom stereocenters. The van der Waals surface area contributed by atoms with Crippen LogP contribution in [0.3, 0.4) is 0 Å². The number of carbonyl (C=O) groups excluding carboxylic acids is 1. The van der Waals surface area contributed by atoms with Crippen LogP contribution >= 0.6 is 12.4 Å². The lowest BCUT2D eigenvalue weighted by molar-refractivity contribution is -0.126. The molecule has 0 aliphatic carbocycles. The quantitative estimate of drug-likeness (QED) is 0.668. The zero-order valence-corrected chi connectivity index (χ0v) is 14.8. The van der Waals surface area contributed by atoms with Crippen molar-refractivity contribution in [2.75, 3.05) is 18.4 Å². The van der Waals surface area contributed by atoms with Crippen LogP contribution in [-0.4, -0.2) is 39.0 Å². The summed E-state index contributed by atoms with van der Waals surface area (Å²) in [6.45, 7) is 3.61. The van der Waals surface area contributed by atoms with Crippen molar-refractivity contribution >= 4 is 34.9 Å². The monoisotopic (exact) mass is 360 g/mol. The maximum Gasteiger partial charge on any atom is 0.252 e. The largest absolute Gasteiger partial charge is 0.322 e. The fraction of sp³-hybridized carbons (Fsp3) is 0.353. The van der Waals surface area contributed by atoms with Gasteiger partial charge in [0.15, 0.2) is 0 Å². The number of H-pyrrole nitrogens is 1. The number of aromatic nitrogens is 4. The summed E-state index contributed by atoms with van der Waals surface area (Å²) in [6, 6.07) is 5.78. The number of hydrogen-bond acceptors (Lipinski definition) is 4. The SMILES string of the molecule is Cc1ccc(NC(=O)C2(n3cccn3)CCNCC2)c2[nH]ncc12.Cl. The first-order valence-electron chi connectivity index (χ1n) is 8.16. The maximum atomic E-state index is 13.2. The fourth-order valence-corrected chi connectivity index (χ4v) is 3.44. The summed E-state index contributed by atoms with van der Waals surface area (Å²) in [6.07, 6.45) is 6.78. The van der Waals surface area contributed by atoms with Crippen LogP contribution in [0.1, 0.15) is 18.4 Å². The molecule has 1 amide bonds. The molecule has 8 heteroatoms.